The van der Waals surface area contributed by atoms with Gasteiger partial charge in [0.05, 0.1) is 12.8 Å². The van der Waals surface area contributed by atoms with Crippen LogP contribution in [0.5, 0.6) is 5.75 Å². The van der Waals surface area contributed by atoms with E-state index in [1.54, 1.807) is 0 Å². The van der Waals surface area contributed by atoms with Crippen LogP contribution in [-0.2, 0) is 16.0 Å². The first-order chi connectivity index (χ1) is 14.7. The number of carbonyl (C=O) groups is 1. The number of aromatic nitrogens is 3. The van der Waals surface area contributed by atoms with E-state index in [2.05, 4.69) is 36.9 Å². The molecule has 7 nitrogen and oxygen atoms in total. The maximum absolute atomic E-state index is 12.2. The van der Waals surface area contributed by atoms with Crippen LogP contribution in [0, 0.1) is 0 Å². The number of carbonyl (C=O) groups excluding carboxylic acids is 1. The lowest BCUT2D eigenvalue weighted by molar-refractivity contribution is -0.407. The smallest absolute Gasteiger partial charge is 0.465 e. The Morgan fingerprint density at radius 2 is 1.74 bits per heavy atom. The van der Waals surface area contributed by atoms with Gasteiger partial charge in [0.1, 0.15) is 12.1 Å². The van der Waals surface area contributed by atoms with Gasteiger partial charge in [0, 0.05) is 18.4 Å². The summed E-state index contributed by atoms with van der Waals surface area (Å²) in [6, 6.07) is 12.1. The minimum atomic E-state index is -4.74. The number of methoxy groups -OCH3 is 1. The molecular weight excluding hydrogens is 437 g/mol. The number of alkyl halides is 4. The van der Waals surface area contributed by atoms with Crippen LogP contribution < -0.4 is 10.5 Å². The highest BCUT2D eigenvalue weighted by molar-refractivity contribution is 6.15. The zero-order valence-corrected chi connectivity index (χ0v) is 17.5. The number of quaternary nitrogens is 1. The number of hydrogen-bond donors (Lipinski definition) is 1. The van der Waals surface area contributed by atoms with Crippen molar-refractivity contribution in [2.24, 2.45) is 0 Å². The molecule has 0 saturated heterocycles. The van der Waals surface area contributed by atoms with Crippen LogP contribution in [0.25, 0.3) is 17.1 Å². The lowest BCUT2D eigenvalue weighted by Gasteiger charge is -2.09. The second-order valence-electron chi connectivity index (χ2n) is 6.18. The summed E-state index contributed by atoms with van der Waals surface area (Å²) in [5.74, 6) is -0.236. The Bertz CT molecular complexity index is 977. The normalized spacial score (nSPS) is 11.8. The van der Waals surface area contributed by atoms with Crippen LogP contribution in [0.1, 0.15) is 5.56 Å². The largest absolute Gasteiger partial charge is 0.573 e. The third-order valence-corrected chi connectivity index (χ3v) is 4.06. The monoisotopic (exact) mass is 457 g/mol. The molecule has 3 aromatic rings. The van der Waals surface area contributed by atoms with Gasteiger partial charge in [-0.25, -0.2) is 14.5 Å². The van der Waals surface area contributed by atoms with Gasteiger partial charge in [-0.15, -0.1) is 29.9 Å². The molecule has 3 N–H and O–H groups in total. The molecule has 3 rings (SSSR count). The highest BCUT2D eigenvalue weighted by atomic mass is 35.5. The highest BCUT2D eigenvalue weighted by Gasteiger charge is 2.31. The molecule has 166 valence electrons. The van der Waals surface area contributed by atoms with Crippen molar-refractivity contribution in [2.45, 2.75) is 18.8 Å². The van der Waals surface area contributed by atoms with Crippen molar-refractivity contribution in [1.29, 1.82) is 0 Å². The molecule has 0 aliphatic carbocycles. The van der Waals surface area contributed by atoms with Crippen molar-refractivity contribution >= 4 is 17.6 Å². The Morgan fingerprint density at radius 1 is 1.13 bits per heavy atom. The molecule has 11 heteroatoms. The molecule has 1 aromatic heterocycles. The molecule has 0 aliphatic rings. The summed E-state index contributed by atoms with van der Waals surface area (Å²) >= 11 is 4.64. The summed E-state index contributed by atoms with van der Waals surface area (Å²) in [7, 11) is 1.32. The number of esters is 1. The van der Waals surface area contributed by atoms with E-state index in [1.807, 2.05) is 24.3 Å². The van der Waals surface area contributed by atoms with E-state index in [9.17, 15) is 18.0 Å². The van der Waals surface area contributed by atoms with E-state index in [4.69, 9.17) is 0 Å². The molecule has 2 aromatic carbocycles. The maximum Gasteiger partial charge on any atom is 0.573 e. The van der Waals surface area contributed by atoms with Crippen LogP contribution >= 0.6 is 11.6 Å². The Labute approximate surface area is 181 Å². The number of rotatable bonds is 6. The minimum absolute atomic E-state index is 0.312. The SMILES string of the molecule is CCl.COC(=O)C([NH3+])Cc1ccc(-c2ncn(-c3ccc(OC(F)(F)F)cc3)n2)cc1. The van der Waals surface area contributed by atoms with Crippen molar-refractivity contribution in [3.05, 3.63) is 60.4 Å². The second-order valence-corrected chi connectivity index (χ2v) is 6.18. The zero-order chi connectivity index (χ0) is 23.0. The van der Waals surface area contributed by atoms with Crippen molar-refractivity contribution in [3.8, 4) is 22.8 Å². The second kappa shape index (κ2) is 10.8. The third kappa shape index (κ3) is 6.97. The summed E-state index contributed by atoms with van der Waals surface area (Å²) in [5.41, 5.74) is 5.98. The average Bonchev–Trinajstić information content (AvgIpc) is 3.24. The number of ether oxygens (including phenoxy) is 2. The van der Waals surface area contributed by atoms with Gasteiger partial charge in [0.25, 0.3) is 0 Å². The zero-order valence-electron chi connectivity index (χ0n) is 16.8. The first-order valence-corrected chi connectivity index (χ1v) is 9.66. The lowest BCUT2D eigenvalue weighted by atomic mass is 10.0. The lowest BCUT2D eigenvalue weighted by Crippen LogP contribution is -2.66. The Balaban J connectivity index is 0.00000166. The standard InChI is InChI=1S/C19H17F3N4O3.CH3Cl/c1-28-18(27)16(23)10-12-2-4-13(5-3-12)17-24-11-26(25-17)14-6-8-15(9-7-14)29-19(20,21)22;1-2/h2-9,11,16H,10,23H2,1H3;1H3/p+1. The number of halogens is 4. The number of nitrogens with zero attached hydrogens (tertiary/aromatic N) is 3. The fourth-order valence-electron chi connectivity index (χ4n) is 2.64. The fraction of sp³-hybridized carbons (Fsp3) is 0.250. The molecule has 0 fully saturated rings. The predicted molar refractivity (Wildman–Crippen MR) is 108 cm³/mol. The molecule has 0 saturated carbocycles. The van der Waals surface area contributed by atoms with Crippen LogP contribution in [-0.4, -0.2) is 46.6 Å². The average molecular weight is 458 g/mol. The van der Waals surface area contributed by atoms with Gasteiger partial charge in [0.15, 0.2) is 11.9 Å². The molecule has 0 aliphatic heterocycles. The van der Waals surface area contributed by atoms with Crippen molar-refractivity contribution < 1.29 is 33.2 Å². The summed E-state index contributed by atoms with van der Waals surface area (Å²) in [6.45, 7) is 0. The Hall–Kier alpha value is -3.11. The molecular formula is C20H21ClF3N4O3+. The molecule has 0 spiro atoms. The first-order valence-electron chi connectivity index (χ1n) is 8.91. The summed E-state index contributed by atoms with van der Waals surface area (Å²) in [4.78, 5) is 15.7. The van der Waals surface area contributed by atoms with E-state index in [1.165, 1.54) is 48.8 Å². The van der Waals surface area contributed by atoms with Gasteiger partial charge in [-0.2, -0.15) is 0 Å². The van der Waals surface area contributed by atoms with Gasteiger partial charge in [-0.05, 0) is 29.8 Å². The van der Waals surface area contributed by atoms with Gasteiger partial charge in [0.2, 0.25) is 0 Å². The van der Waals surface area contributed by atoms with Gasteiger partial charge in [-0.3, -0.25) is 0 Å². The summed E-state index contributed by atoms with van der Waals surface area (Å²) in [6.07, 6.45) is -1.36. The highest BCUT2D eigenvalue weighted by Crippen LogP contribution is 2.24. The third-order valence-electron chi connectivity index (χ3n) is 4.06. The number of hydrogen-bond acceptors (Lipinski definition) is 5. The van der Waals surface area contributed by atoms with Crippen LogP contribution in [0.15, 0.2) is 54.9 Å². The first kappa shape index (κ1) is 24.2. The molecule has 1 heterocycles. The van der Waals surface area contributed by atoms with Crippen LogP contribution in [0.2, 0.25) is 0 Å². The Morgan fingerprint density at radius 3 is 2.29 bits per heavy atom. The topological polar surface area (TPSA) is 93.9 Å². The number of benzene rings is 2. The molecule has 0 bridgehead atoms. The molecule has 1 atom stereocenters. The van der Waals surface area contributed by atoms with E-state index in [-0.39, 0.29) is 11.7 Å². The van der Waals surface area contributed by atoms with Crippen LogP contribution in [0.3, 0.4) is 0 Å². The van der Waals surface area contributed by atoms with Crippen LogP contribution in [0.4, 0.5) is 13.2 Å². The van der Waals surface area contributed by atoms with E-state index < -0.39 is 12.4 Å². The van der Waals surface area contributed by atoms with E-state index >= 15 is 0 Å². The fourth-order valence-corrected chi connectivity index (χ4v) is 2.64. The van der Waals surface area contributed by atoms with Crippen molar-refractivity contribution in [3.63, 3.8) is 0 Å². The maximum atomic E-state index is 12.2. The minimum Gasteiger partial charge on any atom is -0.465 e. The van der Waals surface area contributed by atoms with Crippen molar-refractivity contribution in [1.82, 2.24) is 14.8 Å². The van der Waals surface area contributed by atoms with E-state index in [0.29, 0.717) is 17.9 Å². The predicted octanol–water partition coefficient (Wildman–Crippen LogP) is 3.01. The van der Waals surface area contributed by atoms with Crippen molar-refractivity contribution in [2.75, 3.05) is 13.5 Å². The quantitative estimate of drug-likeness (QED) is 0.453. The molecule has 31 heavy (non-hydrogen) atoms. The van der Waals surface area contributed by atoms with Gasteiger partial charge >= 0.3 is 12.3 Å². The summed E-state index contributed by atoms with van der Waals surface area (Å²) in [5, 5.41) is 4.34. The summed E-state index contributed by atoms with van der Waals surface area (Å²) < 4.78 is 46.7. The molecule has 1 unspecified atom stereocenters. The van der Waals surface area contributed by atoms with E-state index in [0.717, 1.165) is 11.1 Å². The molecule has 0 amide bonds. The van der Waals surface area contributed by atoms with Gasteiger partial charge < -0.3 is 15.2 Å². The molecule has 0 radical (unpaired) electrons. The Kier molecular flexibility index (Phi) is 8.40. The van der Waals surface area contributed by atoms with Gasteiger partial charge in [-0.1, -0.05) is 24.3 Å².